The number of hydrogen-bond acceptors (Lipinski definition) is 5. The SMILES string of the molecule is O=C(c1ccccc1)c1nc(-c2cnccn2)cs1. The van der Waals surface area contributed by atoms with E-state index >= 15 is 0 Å². The Labute approximate surface area is 113 Å². The van der Waals surface area contributed by atoms with E-state index in [0.29, 0.717) is 22.0 Å². The summed E-state index contributed by atoms with van der Waals surface area (Å²) in [6, 6.07) is 9.12. The highest BCUT2D eigenvalue weighted by atomic mass is 32.1. The third kappa shape index (κ3) is 2.41. The van der Waals surface area contributed by atoms with Crippen LogP contribution in [-0.4, -0.2) is 20.7 Å². The number of hydrogen-bond donors (Lipinski definition) is 0. The third-order valence-corrected chi connectivity index (χ3v) is 3.40. The number of aromatic nitrogens is 3. The van der Waals surface area contributed by atoms with Gasteiger partial charge in [0, 0.05) is 23.3 Å². The van der Waals surface area contributed by atoms with Gasteiger partial charge in [0.15, 0.2) is 5.01 Å². The van der Waals surface area contributed by atoms with E-state index < -0.39 is 0 Å². The molecule has 92 valence electrons. The van der Waals surface area contributed by atoms with E-state index in [1.807, 2.05) is 23.6 Å². The van der Waals surface area contributed by atoms with Crippen molar-refractivity contribution in [2.45, 2.75) is 0 Å². The van der Waals surface area contributed by atoms with Crippen LogP contribution < -0.4 is 0 Å². The zero-order valence-corrected chi connectivity index (χ0v) is 10.7. The van der Waals surface area contributed by atoms with Gasteiger partial charge in [-0.25, -0.2) is 4.98 Å². The largest absolute Gasteiger partial charge is 0.286 e. The van der Waals surface area contributed by atoms with Crippen molar-refractivity contribution in [3.63, 3.8) is 0 Å². The average Bonchev–Trinajstić information content (AvgIpc) is 2.98. The van der Waals surface area contributed by atoms with Gasteiger partial charge >= 0.3 is 0 Å². The van der Waals surface area contributed by atoms with E-state index in [9.17, 15) is 4.79 Å². The Morgan fingerprint density at radius 1 is 1.05 bits per heavy atom. The molecule has 0 spiro atoms. The van der Waals surface area contributed by atoms with Crippen molar-refractivity contribution in [1.29, 1.82) is 0 Å². The molecular weight excluding hydrogens is 258 g/mol. The molecule has 0 aliphatic carbocycles. The van der Waals surface area contributed by atoms with Gasteiger partial charge in [-0.2, -0.15) is 0 Å². The molecule has 19 heavy (non-hydrogen) atoms. The summed E-state index contributed by atoms with van der Waals surface area (Å²) < 4.78 is 0. The third-order valence-electron chi connectivity index (χ3n) is 2.56. The molecule has 0 atom stereocenters. The number of nitrogens with zero attached hydrogens (tertiary/aromatic N) is 3. The number of carbonyl (C=O) groups is 1. The molecule has 0 saturated heterocycles. The molecule has 0 unspecified atom stereocenters. The van der Waals surface area contributed by atoms with Gasteiger partial charge in [0.05, 0.1) is 6.20 Å². The molecule has 0 N–H and O–H groups in total. The van der Waals surface area contributed by atoms with Gasteiger partial charge in [0.2, 0.25) is 5.78 Å². The number of carbonyl (C=O) groups excluding carboxylic acids is 1. The molecule has 0 radical (unpaired) electrons. The van der Waals surface area contributed by atoms with Gasteiger partial charge in [0.25, 0.3) is 0 Å². The molecule has 5 heteroatoms. The number of rotatable bonds is 3. The lowest BCUT2D eigenvalue weighted by Gasteiger charge is -1.96. The summed E-state index contributed by atoms with van der Waals surface area (Å²) in [5.41, 5.74) is 1.99. The summed E-state index contributed by atoms with van der Waals surface area (Å²) >= 11 is 1.32. The van der Waals surface area contributed by atoms with Crippen LogP contribution in [0.3, 0.4) is 0 Å². The Hall–Kier alpha value is -2.40. The van der Waals surface area contributed by atoms with E-state index in [-0.39, 0.29) is 5.78 Å². The van der Waals surface area contributed by atoms with Gasteiger partial charge in [-0.15, -0.1) is 11.3 Å². The number of benzene rings is 1. The van der Waals surface area contributed by atoms with Crippen LogP contribution in [0.4, 0.5) is 0 Å². The highest BCUT2D eigenvalue weighted by Crippen LogP contribution is 2.21. The van der Waals surface area contributed by atoms with Crippen LogP contribution in [0.1, 0.15) is 15.4 Å². The second-order valence-electron chi connectivity index (χ2n) is 3.82. The molecule has 2 heterocycles. The molecule has 1 aromatic carbocycles. The average molecular weight is 267 g/mol. The van der Waals surface area contributed by atoms with Gasteiger partial charge in [-0.3, -0.25) is 14.8 Å². The maximum Gasteiger partial charge on any atom is 0.221 e. The lowest BCUT2D eigenvalue weighted by molar-refractivity contribution is 0.103. The Morgan fingerprint density at radius 2 is 1.89 bits per heavy atom. The van der Waals surface area contributed by atoms with Gasteiger partial charge in [-0.1, -0.05) is 30.3 Å². The highest BCUT2D eigenvalue weighted by molar-refractivity contribution is 7.12. The first kappa shape index (κ1) is 11.7. The standard InChI is InChI=1S/C14H9N3OS/c18-13(10-4-2-1-3-5-10)14-17-12(9-19-14)11-8-15-6-7-16-11/h1-9H. The summed E-state index contributed by atoms with van der Waals surface area (Å²) in [5, 5.41) is 2.28. The number of thiazole rings is 1. The Bertz CT molecular complexity index is 695. The van der Waals surface area contributed by atoms with Crippen molar-refractivity contribution in [3.8, 4) is 11.4 Å². The predicted octanol–water partition coefficient (Wildman–Crippen LogP) is 2.83. The Morgan fingerprint density at radius 3 is 2.63 bits per heavy atom. The van der Waals surface area contributed by atoms with Crippen LogP contribution in [0.2, 0.25) is 0 Å². The van der Waals surface area contributed by atoms with Crippen LogP contribution in [-0.2, 0) is 0 Å². The fourth-order valence-electron chi connectivity index (χ4n) is 1.64. The van der Waals surface area contributed by atoms with Crippen LogP contribution in [0.15, 0.2) is 54.3 Å². The summed E-state index contributed by atoms with van der Waals surface area (Å²) in [7, 11) is 0. The normalized spacial score (nSPS) is 10.3. The van der Waals surface area contributed by atoms with Crippen LogP contribution in [0.25, 0.3) is 11.4 Å². The van der Waals surface area contributed by atoms with E-state index in [2.05, 4.69) is 15.0 Å². The minimum absolute atomic E-state index is 0.0688. The van der Waals surface area contributed by atoms with Gasteiger partial charge in [0.1, 0.15) is 11.4 Å². The minimum Gasteiger partial charge on any atom is -0.286 e. The molecule has 2 aromatic heterocycles. The molecule has 0 bridgehead atoms. The fraction of sp³-hybridized carbons (Fsp3) is 0. The smallest absolute Gasteiger partial charge is 0.221 e. The summed E-state index contributed by atoms with van der Waals surface area (Å²) in [5.74, 6) is -0.0688. The quantitative estimate of drug-likeness (QED) is 0.685. The molecular formula is C14H9N3OS. The summed E-state index contributed by atoms with van der Waals surface area (Å²) in [6.07, 6.45) is 4.84. The van der Waals surface area contributed by atoms with E-state index in [1.165, 1.54) is 11.3 Å². The van der Waals surface area contributed by atoms with E-state index in [1.54, 1.807) is 30.7 Å². The lowest BCUT2D eigenvalue weighted by atomic mass is 10.1. The highest BCUT2D eigenvalue weighted by Gasteiger charge is 2.14. The molecule has 3 aromatic rings. The summed E-state index contributed by atoms with van der Waals surface area (Å²) in [4.78, 5) is 24.7. The zero-order chi connectivity index (χ0) is 13.1. The van der Waals surface area contributed by atoms with Crippen molar-refractivity contribution < 1.29 is 4.79 Å². The zero-order valence-electron chi connectivity index (χ0n) is 9.85. The van der Waals surface area contributed by atoms with Crippen LogP contribution in [0, 0.1) is 0 Å². The molecule has 4 nitrogen and oxygen atoms in total. The molecule has 0 aliphatic heterocycles. The minimum atomic E-state index is -0.0688. The molecule has 0 saturated carbocycles. The predicted molar refractivity (Wildman–Crippen MR) is 73.0 cm³/mol. The van der Waals surface area contributed by atoms with Crippen molar-refractivity contribution in [2.75, 3.05) is 0 Å². The lowest BCUT2D eigenvalue weighted by Crippen LogP contribution is -2.00. The maximum absolute atomic E-state index is 12.2. The monoisotopic (exact) mass is 267 g/mol. The van der Waals surface area contributed by atoms with Gasteiger partial charge in [-0.05, 0) is 0 Å². The van der Waals surface area contributed by atoms with Crippen molar-refractivity contribution >= 4 is 17.1 Å². The first-order chi connectivity index (χ1) is 9.34. The first-order valence-corrected chi connectivity index (χ1v) is 6.54. The summed E-state index contributed by atoms with van der Waals surface area (Å²) in [6.45, 7) is 0. The van der Waals surface area contributed by atoms with Crippen LogP contribution in [0.5, 0.6) is 0 Å². The second-order valence-corrected chi connectivity index (χ2v) is 4.68. The van der Waals surface area contributed by atoms with Gasteiger partial charge < -0.3 is 0 Å². The fourth-order valence-corrected chi connectivity index (χ4v) is 2.41. The Balaban J connectivity index is 1.92. The van der Waals surface area contributed by atoms with Crippen molar-refractivity contribution in [3.05, 3.63) is 64.9 Å². The maximum atomic E-state index is 12.2. The van der Waals surface area contributed by atoms with Crippen LogP contribution >= 0.6 is 11.3 Å². The van der Waals surface area contributed by atoms with E-state index in [4.69, 9.17) is 0 Å². The first-order valence-electron chi connectivity index (χ1n) is 5.66. The van der Waals surface area contributed by atoms with Crippen molar-refractivity contribution in [1.82, 2.24) is 15.0 Å². The molecule has 0 aliphatic rings. The topological polar surface area (TPSA) is 55.7 Å². The molecule has 3 rings (SSSR count). The van der Waals surface area contributed by atoms with E-state index in [0.717, 1.165) is 0 Å². The Kier molecular flexibility index (Phi) is 3.12. The van der Waals surface area contributed by atoms with Crippen molar-refractivity contribution in [2.24, 2.45) is 0 Å². The molecule has 0 amide bonds. The number of ketones is 1. The molecule has 0 fully saturated rings. The second kappa shape index (κ2) is 5.07.